The second-order valence-corrected chi connectivity index (χ2v) is 8.84. The first-order chi connectivity index (χ1) is 17.0. The maximum Gasteiger partial charge on any atom is 0.269 e. The molecule has 0 fully saturated rings. The number of nitro groups is 1. The summed E-state index contributed by atoms with van der Waals surface area (Å²) in [6.07, 6.45) is 2.59. The molecule has 0 saturated carbocycles. The van der Waals surface area contributed by atoms with Gasteiger partial charge < -0.3 is 10.2 Å². The third-order valence-electron chi connectivity index (χ3n) is 6.74. The highest BCUT2D eigenvalue weighted by molar-refractivity contribution is 6.01. The average molecular weight is 468 g/mol. The number of nitrogens with one attached hydrogen (secondary N) is 1. The number of benzene rings is 3. The van der Waals surface area contributed by atoms with Gasteiger partial charge in [0.25, 0.3) is 5.69 Å². The molecule has 0 bridgehead atoms. The number of carbonyl (C=O) groups excluding carboxylic acids is 2. The number of para-hydroxylation sites is 2. The number of rotatable bonds is 4. The fourth-order valence-electron chi connectivity index (χ4n) is 5.14. The lowest BCUT2D eigenvalue weighted by Crippen LogP contribution is -2.42. The molecule has 5 rings (SSSR count). The first-order valence-corrected chi connectivity index (χ1v) is 11.7. The number of hydrogen-bond donors (Lipinski definition) is 1. The molecule has 176 valence electrons. The quantitative estimate of drug-likeness (QED) is 0.389. The number of allylic oxidation sites excluding steroid dienone is 1. The molecule has 0 saturated heterocycles. The number of fused-ring (bicyclic) bond motifs is 2. The summed E-state index contributed by atoms with van der Waals surface area (Å²) in [6, 6.07) is 22.9. The van der Waals surface area contributed by atoms with E-state index in [0.29, 0.717) is 16.9 Å². The first-order valence-electron chi connectivity index (χ1n) is 11.7. The van der Waals surface area contributed by atoms with Gasteiger partial charge in [-0.1, -0.05) is 67.6 Å². The molecule has 7 heteroatoms. The predicted octanol–water partition coefficient (Wildman–Crippen LogP) is 5.76. The molecule has 2 aliphatic rings. The van der Waals surface area contributed by atoms with Gasteiger partial charge in [0.05, 0.1) is 28.3 Å². The first kappa shape index (κ1) is 22.5. The number of hydrogen-bond acceptors (Lipinski definition) is 5. The van der Waals surface area contributed by atoms with Gasteiger partial charge in [-0.3, -0.25) is 19.7 Å². The summed E-state index contributed by atoms with van der Waals surface area (Å²) in [5, 5.41) is 15.0. The third kappa shape index (κ3) is 4.10. The van der Waals surface area contributed by atoms with Crippen LogP contribution in [-0.2, 0) is 9.59 Å². The van der Waals surface area contributed by atoms with Crippen LogP contribution in [0.3, 0.4) is 0 Å². The number of ketones is 1. The maximum atomic E-state index is 13.8. The highest BCUT2D eigenvalue weighted by atomic mass is 16.6. The van der Waals surface area contributed by atoms with Gasteiger partial charge in [-0.15, -0.1) is 0 Å². The van der Waals surface area contributed by atoms with E-state index in [1.54, 1.807) is 24.0 Å². The molecule has 0 aromatic heterocycles. The summed E-state index contributed by atoms with van der Waals surface area (Å²) < 4.78 is 0. The second-order valence-electron chi connectivity index (χ2n) is 8.84. The number of anilines is 2. The molecular weight excluding hydrogens is 442 g/mol. The van der Waals surface area contributed by atoms with Gasteiger partial charge in [0.2, 0.25) is 5.91 Å². The van der Waals surface area contributed by atoms with Crippen molar-refractivity contribution in [3.05, 3.63) is 112 Å². The van der Waals surface area contributed by atoms with Crippen LogP contribution in [0.1, 0.15) is 42.9 Å². The molecule has 3 aromatic rings. The van der Waals surface area contributed by atoms with Gasteiger partial charge in [-0.2, -0.15) is 0 Å². The van der Waals surface area contributed by atoms with Crippen LogP contribution in [0.2, 0.25) is 0 Å². The van der Waals surface area contributed by atoms with Gasteiger partial charge in [-0.25, -0.2) is 0 Å². The van der Waals surface area contributed by atoms with E-state index in [1.807, 2.05) is 54.6 Å². The standard InChI is InChI=1S/C28H25N3O4/c1-2-26(33)30-24-14-7-6-13-22(24)29-23-16-20(18-9-4-3-5-10-18)17-25(32)27(23)28(30)19-11-8-12-21(15-19)31(34)35/h3-16,20,27-29H,2,17H2,1H3. The Kier molecular flexibility index (Phi) is 5.91. The Morgan fingerprint density at radius 2 is 1.74 bits per heavy atom. The van der Waals surface area contributed by atoms with Crippen molar-refractivity contribution in [2.45, 2.75) is 31.7 Å². The molecule has 1 heterocycles. The minimum Gasteiger partial charge on any atom is -0.357 e. The van der Waals surface area contributed by atoms with Crippen molar-refractivity contribution in [3.63, 3.8) is 0 Å². The van der Waals surface area contributed by atoms with Crippen LogP contribution < -0.4 is 10.2 Å². The summed E-state index contributed by atoms with van der Waals surface area (Å²) in [5.41, 5.74) is 3.61. The van der Waals surface area contributed by atoms with E-state index < -0.39 is 16.9 Å². The van der Waals surface area contributed by atoms with Crippen LogP contribution in [0.25, 0.3) is 0 Å². The fourth-order valence-corrected chi connectivity index (χ4v) is 5.14. The number of carbonyl (C=O) groups is 2. The Hall–Kier alpha value is -4.26. The smallest absolute Gasteiger partial charge is 0.269 e. The Balaban J connectivity index is 1.74. The molecule has 3 unspecified atom stereocenters. The Morgan fingerprint density at radius 1 is 1.03 bits per heavy atom. The van der Waals surface area contributed by atoms with Gasteiger partial charge in [0.15, 0.2) is 0 Å². The number of nitrogens with zero attached hydrogens (tertiary/aromatic N) is 2. The van der Waals surface area contributed by atoms with Gasteiger partial charge in [0, 0.05) is 36.6 Å². The van der Waals surface area contributed by atoms with E-state index in [-0.39, 0.29) is 36.1 Å². The van der Waals surface area contributed by atoms with Gasteiger partial charge in [0.1, 0.15) is 5.78 Å². The molecule has 3 atom stereocenters. The van der Waals surface area contributed by atoms with Crippen LogP contribution in [0.4, 0.5) is 17.1 Å². The van der Waals surface area contributed by atoms with E-state index in [9.17, 15) is 19.7 Å². The predicted molar refractivity (Wildman–Crippen MR) is 134 cm³/mol. The number of nitro benzene ring substituents is 1. The van der Waals surface area contributed by atoms with Crippen molar-refractivity contribution in [1.29, 1.82) is 0 Å². The molecule has 0 radical (unpaired) electrons. The lowest BCUT2D eigenvalue weighted by molar-refractivity contribution is -0.384. The van der Waals surface area contributed by atoms with Crippen molar-refractivity contribution >= 4 is 28.8 Å². The van der Waals surface area contributed by atoms with E-state index in [2.05, 4.69) is 11.4 Å². The number of Topliss-reactive ketones (excluding diaryl/α,β-unsaturated/α-hetero) is 1. The summed E-state index contributed by atoms with van der Waals surface area (Å²) in [6.45, 7) is 1.78. The molecule has 3 aromatic carbocycles. The third-order valence-corrected chi connectivity index (χ3v) is 6.74. The lowest BCUT2D eigenvalue weighted by atomic mass is 9.76. The summed E-state index contributed by atoms with van der Waals surface area (Å²) in [4.78, 5) is 40.0. The summed E-state index contributed by atoms with van der Waals surface area (Å²) in [5.74, 6) is -0.953. The molecule has 7 nitrogen and oxygen atoms in total. The van der Waals surface area contributed by atoms with Gasteiger partial charge >= 0.3 is 0 Å². The molecule has 35 heavy (non-hydrogen) atoms. The Morgan fingerprint density at radius 3 is 2.49 bits per heavy atom. The molecule has 1 aliphatic carbocycles. The zero-order chi connectivity index (χ0) is 24.5. The minimum absolute atomic E-state index is 0.0120. The maximum absolute atomic E-state index is 13.8. The Bertz CT molecular complexity index is 1330. The summed E-state index contributed by atoms with van der Waals surface area (Å²) >= 11 is 0. The van der Waals surface area contributed by atoms with Crippen molar-refractivity contribution in [3.8, 4) is 0 Å². The molecule has 1 aliphatic heterocycles. The van der Waals surface area contributed by atoms with Crippen molar-refractivity contribution < 1.29 is 14.5 Å². The normalized spacial score (nSPS) is 21.2. The van der Waals surface area contributed by atoms with Crippen molar-refractivity contribution in [1.82, 2.24) is 0 Å². The van der Waals surface area contributed by atoms with E-state index in [1.165, 1.54) is 12.1 Å². The second kappa shape index (κ2) is 9.18. The SMILES string of the molecule is CCC(=O)N1c2ccccc2NC2=CC(c3ccccc3)CC(=O)C2C1c1cccc([N+](=O)[O-])c1. The largest absolute Gasteiger partial charge is 0.357 e. The van der Waals surface area contributed by atoms with E-state index in [4.69, 9.17) is 0 Å². The fraction of sp³-hybridized carbons (Fsp3) is 0.214. The van der Waals surface area contributed by atoms with E-state index in [0.717, 1.165) is 11.3 Å². The van der Waals surface area contributed by atoms with Crippen LogP contribution in [0.15, 0.2) is 90.6 Å². The van der Waals surface area contributed by atoms with Crippen LogP contribution >= 0.6 is 0 Å². The van der Waals surface area contributed by atoms with Crippen LogP contribution in [0.5, 0.6) is 0 Å². The number of non-ortho nitro benzene ring substituents is 1. The Labute approximate surface area is 203 Å². The highest BCUT2D eigenvalue weighted by Crippen LogP contribution is 2.48. The van der Waals surface area contributed by atoms with Crippen LogP contribution in [-0.4, -0.2) is 16.6 Å². The molecule has 1 N–H and O–H groups in total. The zero-order valence-corrected chi connectivity index (χ0v) is 19.3. The zero-order valence-electron chi connectivity index (χ0n) is 19.3. The highest BCUT2D eigenvalue weighted by Gasteiger charge is 2.45. The topological polar surface area (TPSA) is 92.6 Å². The molecule has 1 amide bonds. The van der Waals surface area contributed by atoms with Crippen molar-refractivity contribution in [2.24, 2.45) is 5.92 Å². The average Bonchev–Trinajstić information content (AvgIpc) is 3.03. The minimum atomic E-state index is -0.714. The summed E-state index contributed by atoms with van der Waals surface area (Å²) in [7, 11) is 0. The van der Waals surface area contributed by atoms with Crippen LogP contribution in [0, 0.1) is 16.0 Å². The lowest BCUT2D eigenvalue weighted by Gasteiger charge is -2.37. The van der Waals surface area contributed by atoms with Gasteiger partial charge in [-0.05, 0) is 23.3 Å². The molecular formula is C28H25N3O4. The number of amides is 1. The van der Waals surface area contributed by atoms with Crippen molar-refractivity contribution in [2.75, 3.05) is 10.2 Å². The van der Waals surface area contributed by atoms with E-state index >= 15 is 0 Å². The monoisotopic (exact) mass is 467 g/mol. The molecule has 0 spiro atoms.